The first-order valence-corrected chi connectivity index (χ1v) is 5.08. The lowest BCUT2D eigenvalue weighted by atomic mass is 10.1. The van der Waals surface area contributed by atoms with E-state index < -0.39 is 0 Å². The fraction of sp³-hybridized carbons (Fsp3) is 0.545. The highest BCUT2D eigenvalue weighted by Gasteiger charge is 2.21. The van der Waals surface area contributed by atoms with Gasteiger partial charge in [-0.2, -0.15) is 0 Å². The van der Waals surface area contributed by atoms with Crippen molar-refractivity contribution in [2.45, 2.75) is 32.1 Å². The third-order valence-electron chi connectivity index (χ3n) is 2.28. The van der Waals surface area contributed by atoms with Crippen LogP contribution in [0.15, 0.2) is 12.2 Å². The van der Waals surface area contributed by atoms with Crippen LogP contribution in [0.4, 0.5) is 0 Å². The zero-order valence-electron chi connectivity index (χ0n) is 8.37. The maximum Gasteiger partial charge on any atom is 0.253 e. The van der Waals surface area contributed by atoms with E-state index in [4.69, 9.17) is 0 Å². The Morgan fingerprint density at radius 1 is 1.00 bits per heavy atom. The van der Waals surface area contributed by atoms with E-state index in [1.54, 1.807) is 0 Å². The Balaban J connectivity index is 2.13. The van der Waals surface area contributed by atoms with Crippen molar-refractivity contribution in [1.82, 2.24) is 4.90 Å². The normalized spacial score (nSPS) is 15.6. The molecule has 0 saturated carbocycles. The van der Waals surface area contributed by atoms with Crippen LogP contribution in [0.2, 0.25) is 0 Å². The molecule has 0 atom stereocenters. The van der Waals surface area contributed by atoms with Crippen molar-refractivity contribution in [3.63, 3.8) is 0 Å². The van der Waals surface area contributed by atoms with Gasteiger partial charge in [0, 0.05) is 18.7 Å². The molecule has 0 saturated heterocycles. The average molecular weight is 194 g/mol. The number of imide groups is 1. The van der Waals surface area contributed by atoms with Crippen molar-refractivity contribution >= 4 is 11.8 Å². The predicted molar refractivity (Wildman–Crippen MR) is 54.3 cm³/mol. The SMILES string of the molecule is [CH2]CCCCCCN1C(=O)C=CC1=O. The monoisotopic (exact) mass is 194 g/mol. The topological polar surface area (TPSA) is 37.4 Å². The Morgan fingerprint density at radius 3 is 2.14 bits per heavy atom. The minimum Gasteiger partial charge on any atom is -0.275 e. The molecule has 0 aliphatic carbocycles. The average Bonchev–Trinajstić information content (AvgIpc) is 2.48. The summed E-state index contributed by atoms with van der Waals surface area (Å²) in [5.41, 5.74) is 0. The summed E-state index contributed by atoms with van der Waals surface area (Å²) in [6.07, 6.45) is 7.85. The molecular formula is C11H16NO2. The summed E-state index contributed by atoms with van der Waals surface area (Å²) in [5.74, 6) is -0.348. The van der Waals surface area contributed by atoms with Crippen LogP contribution in [0.3, 0.4) is 0 Å². The molecule has 1 rings (SSSR count). The minimum absolute atomic E-state index is 0.174. The van der Waals surface area contributed by atoms with E-state index in [9.17, 15) is 9.59 Å². The second-order valence-electron chi connectivity index (χ2n) is 3.43. The Hall–Kier alpha value is -1.12. The summed E-state index contributed by atoms with van der Waals surface area (Å²) in [6.45, 7) is 4.31. The smallest absolute Gasteiger partial charge is 0.253 e. The van der Waals surface area contributed by atoms with Gasteiger partial charge in [0.15, 0.2) is 0 Å². The van der Waals surface area contributed by atoms with Crippen molar-refractivity contribution in [3.05, 3.63) is 19.1 Å². The van der Waals surface area contributed by atoms with Gasteiger partial charge in [0.05, 0.1) is 0 Å². The molecule has 77 valence electrons. The van der Waals surface area contributed by atoms with E-state index >= 15 is 0 Å². The standard InChI is InChI=1S/C11H16NO2/c1-2-3-4-5-6-9-12-10(13)7-8-11(12)14/h7-8H,1-6,9H2. The maximum atomic E-state index is 11.1. The summed E-state index contributed by atoms with van der Waals surface area (Å²) in [7, 11) is 0. The molecule has 14 heavy (non-hydrogen) atoms. The van der Waals surface area contributed by atoms with Gasteiger partial charge >= 0.3 is 0 Å². The summed E-state index contributed by atoms with van der Waals surface area (Å²) < 4.78 is 0. The van der Waals surface area contributed by atoms with Crippen molar-refractivity contribution in [1.29, 1.82) is 0 Å². The molecule has 0 unspecified atom stereocenters. The van der Waals surface area contributed by atoms with Gasteiger partial charge in [-0.25, -0.2) is 0 Å². The molecule has 0 spiro atoms. The Labute approximate surface area is 84.8 Å². The van der Waals surface area contributed by atoms with E-state index in [1.165, 1.54) is 17.1 Å². The molecule has 1 aliphatic rings. The van der Waals surface area contributed by atoms with Gasteiger partial charge in [0.25, 0.3) is 11.8 Å². The van der Waals surface area contributed by atoms with Gasteiger partial charge in [0.2, 0.25) is 0 Å². The highest BCUT2D eigenvalue weighted by molar-refractivity contribution is 6.12. The van der Waals surface area contributed by atoms with Crippen LogP contribution >= 0.6 is 0 Å². The number of carbonyl (C=O) groups is 2. The van der Waals surface area contributed by atoms with E-state index in [0.29, 0.717) is 6.54 Å². The van der Waals surface area contributed by atoms with Crippen LogP contribution in [-0.4, -0.2) is 23.3 Å². The lowest BCUT2D eigenvalue weighted by Gasteiger charge is -2.12. The zero-order chi connectivity index (χ0) is 10.4. The molecular weight excluding hydrogens is 178 g/mol. The van der Waals surface area contributed by atoms with Crippen LogP contribution in [0.5, 0.6) is 0 Å². The number of hydrogen-bond donors (Lipinski definition) is 0. The highest BCUT2D eigenvalue weighted by Crippen LogP contribution is 2.08. The van der Waals surface area contributed by atoms with Crippen LogP contribution in [0.25, 0.3) is 0 Å². The third-order valence-corrected chi connectivity index (χ3v) is 2.28. The fourth-order valence-corrected chi connectivity index (χ4v) is 1.45. The molecule has 0 bridgehead atoms. The van der Waals surface area contributed by atoms with Gasteiger partial charge < -0.3 is 0 Å². The summed E-state index contributed by atoms with van der Waals surface area (Å²) >= 11 is 0. The van der Waals surface area contributed by atoms with E-state index in [2.05, 4.69) is 6.92 Å². The van der Waals surface area contributed by atoms with Crippen LogP contribution < -0.4 is 0 Å². The lowest BCUT2D eigenvalue weighted by molar-refractivity contribution is -0.136. The number of nitrogens with zero attached hydrogens (tertiary/aromatic N) is 1. The number of hydrogen-bond acceptors (Lipinski definition) is 2. The van der Waals surface area contributed by atoms with E-state index in [-0.39, 0.29) is 11.8 Å². The molecule has 0 aromatic heterocycles. The molecule has 3 nitrogen and oxygen atoms in total. The van der Waals surface area contributed by atoms with Crippen LogP contribution in [0.1, 0.15) is 32.1 Å². The van der Waals surface area contributed by atoms with Gasteiger partial charge in [-0.3, -0.25) is 14.5 Å². The second-order valence-corrected chi connectivity index (χ2v) is 3.43. The van der Waals surface area contributed by atoms with Gasteiger partial charge in [-0.05, 0) is 6.42 Å². The van der Waals surface area contributed by atoms with Crippen molar-refractivity contribution in [2.24, 2.45) is 0 Å². The molecule has 1 radical (unpaired) electrons. The largest absolute Gasteiger partial charge is 0.275 e. The van der Waals surface area contributed by atoms with Gasteiger partial charge in [-0.15, -0.1) is 0 Å². The molecule has 1 aliphatic heterocycles. The zero-order valence-corrected chi connectivity index (χ0v) is 8.37. The first kappa shape index (κ1) is 11.0. The molecule has 0 aromatic rings. The lowest BCUT2D eigenvalue weighted by Crippen LogP contribution is -2.30. The molecule has 0 N–H and O–H groups in total. The van der Waals surface area contributed by atoms with Crippen molar-refractivity contribution in [3.8, 4) is 0 Å². The number of amides is 2. The Kier molecular flexibility index (Phi) is 4.36. The third kappa shape index (κ3) is 2.98. The van der Waals surface area contributed by atoms with Gasteiger partial charge in [0.1, 0.15) is 0 Å². The van der Waals surface area contributed by atoms with Crippen LogP contribution in [-0.2, 0) is 9.59 Å². The number of rotatable bonds is 6. The quantitative estimate of drug-likeness (QED) is 0.476. The fourth-order valence-electron chi connectivity index (χ4n) is 1.45. The highest BCUT2D eigenvalue weighted by atomic mass is 16.2. The number of unbranched alkanes of at least 4 members (excludes halogenated alkanes) is 4. The molecule has 0 aromatic carbocycles. The molecule has 0 fully saturated rings. The van der Waals surface area contributed by atoms with E-state index in [0.717, 1.165) is 32.1 Å². The first-order valence-electron chi connectivity index (χ1n) is 5.08. The van der Waals surface area contributed by atoms with Gasteiger partial charge in [-0.1, -0.05) is 32.6 Å². The summed E-state index contributed by atoms with van der Waals surface area (Å²) in [5, 5.41) is 0. The van der Waals surface area contributed by atoms with Crippen molar-refractivity contribution in [2.75, 3.05) is 6.54 Å². The summed E-state index contributed by atoms with van der Waals surface area (Å²) in [6, 6.07) is 0. The van der Waals surface area contributed by atoms with Crippen LogP contribution in [0, 0.1) is 6.92 Å². The maximum absolute atomic E-state index is 11.1. The summed E-state index contributed by atoms with van der Waals surface area (Å²) in [4.78, 5) is 23.5. The predicted octanol–water partition coefficient (Wildman–Crippen LogP) is 1.70. The first-order chi connectivity index (χ1) is 6.75. The minimum atomic E-state index is -0.174. The van der Waals surface area contributed by atoms with Crippen molar-refractivity contribution < 1.29 is 9.59 Å². The molecule has 3 heteroatoms. The molecule has 2 amide bonds. The Bertz CT molecular complexity index is 228. The van der Waals surface area contributed by atoms with E-state index in [1.807, 2.05) is 0 Å². The second kappa shape index (κ2) is 5.58. The molecule has 1 heterocycles. The number of carbonyl (C=O) groups excluding carboxylic acids is 2. The Morgan fingerprint density at radius 2 is 1.57 bits per heavy atom.